The molecule has 2 aromatic carbocycles. The van der Waals surface area contributed by atoms with Crippen molar-refractivity contribution in [2.75, 3.05) is 5.32 Å². The first-order chi connectivity index (χ1) is 14.2. The van der Waals surface area contributed by atoms with Crippen LogP contribution in [-0.2, 0) is 13.2 Å². The third-order valence-electron chi connectivity index (χ3n) is 4.53. The Morgan fingerprint density at radius 2 is 1.72 bits per heavy atom. The second-order valence-electron chi connectivity index (χ2n) is 6.46. The van der Waals surface area contributed by atoms with E-state index in [-0.39, 0.29) is 5.69 Å². The molecule has 0 bridgehead atoms. The van der Waals surface area contributed by atoms with Crippen molar-refractivity contribution in [3.8, 4) is 5.75 Å². The zero-order chi connectivity index (χ0) is 20.1. The Hall–Kier alpha value is -4.00. The summed E-state index contributed by atoms with van der Waals surface area (Å²) < 4.78 is 5.77. The van der Waals surface area contributed by atoms with Gasteiger partial charge in [0.15, 0.2) is 0 Å². The SMILES string of the molecule is O=[N+]([O-])c1ccc(NCc2ccc(OCc3cccnc3)cc2)c2ccncc12. The van der Waals surface area contributed by atoms with Gasteiger partial charge in [-0.05, 0) is 35.9 Å². The number of rotatable bonds is 7. The lowest BCUT2D eigenvalue weighted by Crippen LogP contribution is -2.01. The number of nitrogens with zero attached hydrogens (tertiary/aromatic N) is 3. The van der Waals surface area contributed by atoms with Crippen LogP contribution in [-0.4, -0.2) is 14.9 Å². The first kappa shape index (κ1) is 18.4. The van der Waals surface area contributed by atoms with E-state index in [2.05, 4.69) is 15.3 Å². The van der Waals surface area contributed by atoms with E-state index < -0.39 is 4.92 Å². The molecule has 7 nitrogen and oxygen atoms in total. The number of anilines is 1. The average Bonchev–Trinajstić information content (AvgIpc) is 2.77. The first-order valence-electron chi connectivity index (χ1n) is 9.06. The van der Waals surface area contributed by atoms with Crippen molar-refractivity contribution in [1.29, 1.82) is 0 Å². The maximum absolute atomic E-state index is 11.2. The number of nitro groups is 1. The molecule has 0 unspecified atom stereocenters. The smallest absolute Gasteiger partial charge is 0.278 e. The summed E-state index contributed by atoms with van der Waals surface area (Å²) in [6.07, 6.45) is 6.66. The minimum absolute atomic E-state index is 0.0498. The van der Waals surface area contributed by atoms with Gasteiger partial charge in [0.05, 0.1) is 10.3 Å². The Balaban J connectivity index is 1.43. The fraction of sp³-hybridized carbons (Fsp3) is 0.0909. The van der Waals surface area contributed by atoms with Gasteiger partial charge in [-0.25, -0.2) is 0 Å². The van der Waals surface area contributed by atoms with Crippen molar-refractivity contribution in [3.63, 3.8) is 0 Å². The van der Waals surface area contributed by atoms with E-state index in [1.54, 1.807) is 30.7 Å². The van der Waals surface area contributed by atoms with Crippen LogP contribution < -0.4 is 10.1 Å². The molecule has 0 spiro atoms. The van der Waals surface area contributed by atoms with Gasteiger partial charge in [-0.15, -0.1) is 0 Å². The highest BCUT2D eigenvalue weighted by molar-refractivity contribution is 5.99. The van der Waals surface area contributed by atoms with Gasteiger partial charge in [-0.2, -0.15) is 0 Å². The number of nitro benzene ring substituents is 1. The van der Waals surface area contributed by atoms with Crippen molar-refractivity contribution in [3.05, 3.63) is 101 Å². The Bertz CT molecular complexity index is 1130. The van der Waals surface area contributed by atoms with Gasteiger partial charge in [0.25, 0.3) is 5.69 Å². The molecule has 0 fully saturated rings. The summed E-state index contributed by atoms with van der Waals surface area (Å²) >= 11 is 0. The van der Waals surface area contributed by atoms with Gasteiger partial charge in [0.1, 0.15) is 12.4 Å². The molecule has 0 aliphatic rings. The minimum Gasteiger partial charge on any atom is -0.489 e. The summed E-state index contributed by atoms with van der Waals surface area (Å²) in [5, 5.41) is 15.9. The predicted molar refractivity (Wildman–Crippen MR) is 111 cm³/mol. The first-order valence-corrected chi connectivity index (χ1v) is 9.06. The fourth-order valence-electron chi connectivity index (χ4n) is 3.04. The van der Waals surface area contributed by atoms with Crippen LogP contribution in [0.3, 0.4) is 0 Å². The van der Waals surface area contributed by atoms with Gasteiger partial charge in [0.2, 0.25) is 0 Å². The average molecular weight is 386 g/mol. The summed E-state index contributed by atoms with van der Waals surface area (Å²) in [7, 11) is 0. The predicted octanol–water partition coefficient (Wildman–Crippen LogP) is 4.73. The largest absolute Gasteiger partial charge is 0.489 e. The highest BCUT2D eigenvalue weighted by Crippen LogP contribution is 2.31. The number of non-ortho nitro benzene ring substituents is 1. The number of fused-ring (bicyclic) bond motifs is 1. The molecule has 0 radical (unpaired) electrons. The Morgan fingerprint density at radius 1 is 0.897 bits per heavy atom. The quantitative estimate of drug-likeness (QED) is 0.365. The lowest BCUT2D eigenvalue weighted by molar-refractivity contribution is -0.383. The standard InChI is InChI=1S/C22H18N4O3/c27-26(28)22-8-7-21(19-9-11-24-14-20(19)22)25-13-16-3-5-18(6-4-16)29-15-17-2-1-10-23-12-17/h1-12,14,25H,13,15H2. The van der Waals surface area contributed by atoms with Crippen LogP contribution in [0.4, 0.5) is 11.4 Å². The van der Waals surface area contributed by atoms with Crippen LogP contribution in [0.5, 0.6) is 5.75 Å². The molecular formula is C22H18N4O3. The maximum Gasteiger partial charge on any atom is 0.278 e. The molecular weight excluding hydrogens is 368 g/mol. The Morgan fingerprint density at radius 3 is 2.48 bits per heavy atom. The number of hydrogen-bond acceptors (Lipinski definition) is 6. The highest BCUT2D eigenvalue weighted by Gasteiger charge is 2.14. The molecule has 2 heterocycles. The number of ether oxygens (including phenoxy) is 1. The Kier molecular flexibility index (Phi) is 5.29. The monoisotopic (exact) mass is 386 g/mol. The zero-order valence-corrected chi connectivity index (χ0v) is 15.5. The van der Waals surface area contributed by atoms with Crippen LogP contribution >= 0.6 is 0 Å². The van der Waals surface area contributed by atoms with Crippen LogP contribution in [0, 0.1) is 10.1 Å². The lowest BCUT2D eigenvalue weighted by atomic mass is 10.1. The molecule has 0 aliphatic heterocycles. The zero-order valence-electron chi connectivity index (χ0n) is 15.5. The van der Waals surface area contributed by atoms with Crippen molar-refractivity contribution >= 4 is 22.1 Å². The highest BCUT2D eigenvalue weighted by atomic mass is 16.6. The second kappa shape index (κ2) is 8.35. The summed E-state index contributed by atoms with van der Waals surface area (Å²) in [6.45, 7) is 1.05. The number of aromatic nitrogens is 2. The topological polar surface area (TPSA) is 90.2 Å². The van der Waals surface area contributed by atoms with Crippen molar-refractivity contribution in [1.82, 2.24) is 9.97 Å². The number of hydrogen-bond donors (Lipinski definition) is 1. The van der Waals surface area contributed by atoms with E-state index in [0.717, 1.165) is 28.0 Å². The molecule has 29 heavy (non-hydrogen) atoms. The van der Waals surface area contributed by atoms with E-state index in [1.165, 1.54) is 12.3 Å². The third-order valence-corrected chi connectivity index (χ3v) is 4.53. The third kappa shape index (κ3) is 4.30. The lowest BCUT2D eigenvalue weighted by Gasteiger charge is -2.11. The van der Waals surface area contributed by atoms with E-state index in [1.807, 2.05) is 36.4 Å². The van der Waals surface area contributed by atoms with E-state index in [4.69, 9.17) is 4.74 Å². The van der Waals surface area contributed by atoms with Gasteiger partial charge >= 0.3 is 0 Å². The van der Waals surface area contributed by atoms with Crippen LogP contribution in [0.15, 0.2) is 79.4 Å². The number of nitrogens with one attached hydrogen (secondary N) is 1. The molecule has 0 aliphatic carbocycles. The summed E-state index contributed by atoms with van der Waals surface area (Å²) in [5.41, 5.74) is 2.95. The molecule has 7 heteroatoms. The summed E-state index contributed by atoms with van der Waals surface area (Å²) in [6, 6.07) is 16.7. The van der Waals surface area contributed by atoms with E-state index in [0.29, 0.717) is 18.5 Å². The Labute approximate surface area is 167 Å². The fourth-order valence-corrected chi connectivity index (χ4v) is 3.04. The molecule has 4 aromatic rings. The van der Waals surface area contributed by atoms with Gasteiger partial charge in [-0.3, -0.25) is 20.1 Å². The molecule has 0 atom stereocenters. The van der Waals surface area contributed by atoms with Crippen molar-refractivity contribution < 1.29 is 9.66 Å². The molecule has 2 aromatic heterocycles. The van der Waals surface area contributed by atoms with Gasteiger partial charge < -0.3 is 10.1 Å². The normalized spacial score (nSPS) is 10.6. The minimum atomic E-state index is -0.391. The van der Waals surface area contributed by atoms with Crippen molar-refractivity contribution in [2.45, 2.75) is 13.2 Å². The van der Waals surface area contributed by atoms with E-state index >= 15 is 0 Å². The maximum atomic E-state index is 11.2. The van der Waals surface area contributed by atoms with E-state index in [9.17, 15) is 10.1 Å². The van der Waals surface area contributed by atoms with Gasteiger partial charge in [-0.1, -0.05) is 18.2 Å². The molecule has 0 amide bonds. The number of benzene rings is 2. The van der Waals surface area contributed by atoms with Crippen LogP contribution in [0.2, 0.25) is 0 Å². The molecule has 4 rings (SSSR count). The summed E-state index contributed by atoms with van der Waals surface area (Å²) in [4.78, 5) is 18.9. The summed E-state index contributed by atoms with van der Waals surface area (Å²) in [5.74, 6) is 0.782. The second-order valence-corrected chi connectivity index (χ2v) is 6.46. The van der Waals surface area contributed by atoms with Crippen LogP contribution in [0.25, 0.3) is 10.8 Å². The van der Waals surface area contributed by atoms with Crippen molar-refractivity contribution in [2.24, 2.45) is 0 Å². The van der Waals surface area contributed by atoms with Crippen LogP contribution in [0.1, 0.15) is 11.1 Å². The molecule has 1 N–H and O–H groups in total. The van der Waals surface area contributed by atoms with Gasteiger partial charge in [0, 0.05) is 54.0 Å². The number of pyridine rings is 2. The molecule has 0 saturated carbocycles. The molecule has 144 valence electrons. The molecule has 0 saturated heterocycles.